The number of primary amides is 1. The molecule has 0 saturated carbocycles. The summed E-state index contributed by atoms with van der Waals surface area (Å²) in [5.74, 6) is -2.11. The van der Waals surface area contributed by atoms with E-state index in [1.165, 1.54) is 30.3 Å². The Hall–Kier alpha value is -3.16. The molecule has 1 aromatic rings. The van der Waals surface area contributed by atoms with E-state index in [2.05, 4.69) is 0 Å². The molecule has 1 fully saturated rings. The van der Waals surface area contributed by atoms with Gasteiger partial charge < -0.3 is 15.4 Å². The largest absolute Gasteiger partial charge is 0.462 e. The zero-order chi connectivity index (χ0) is 19.6. The molecular weight excluding hydrogens is 350 g/mol. The summed E-state index contributed by atoms with van der Waals surface area (Å²) in [4.78, 5) is 51.2. The van der Waals surface area contributed by atoms with E-state index < -0.39 is 23.7 Å². The number of nitrogens with zero attached hydrogens (tertiary/aromatic N) is 2. The normalized spacial score (nSPS) is 19.9. The average molecular weight is 371 g/mol. The molecule has 2 aliphatic heterocycles. The SMILES string of the molecule is CCOC(=O)c1ccc(N2C(=O)C=C(N3CCC[C@@H](C(N)=O)C3)C2=O)cc1. The highest BCUT2D eigenvalue weighted by Gasteiger charge is 2.37. The number of ether oxygens (including phenoxy) is 1. The highest BCUT2D eigenvalue weighted by atomic mass is 16.5. The second-order valence-electron chi connectivity index (χ2n) is 6.46. The van der Waals surface area contributed by atoms with Crippen molar-refractivity contribution in [3.8, 4) is 0 Å². The van der Waals surface area contributed by atoms with Gasteiger partial charge in [0.15, 0.2) is 0 Å². The summed E-state index contributed by atoms with van der Waals surface area (Å²) < 4.78 is 4.92. The molecular formula is C19H21N3O5. The minimum Gasteiger partial charge on any atom is -0.462 e. The van der Waals surface area contributed by atoms with Gasteiger partial charge in [-0.15, -0.1) is 0 Å². The quantitative estimate of drug-likeness (QED) is 0.606. The number of carbonyl (C=O) groups excluding carboxylic acids is 4. The number of anilines is 1. The highest BCUT2D eigenvalue weighted by molar-refractivity contribution is 6.30. The molecule has 2 heterocycles. The first-order chi connectivity index (χ1) is 12.9. The number of amides is 3. The first-order valence-electron chi connectivity index (χ1n) is 8.84. The Morgan fingerprint density at radius 3 is 2.56 bits per heavy atom. The Kier molecular flexibility index (Phi) is 5.25. The van der Waals surface area contributed by atoms with Gasteiger partial charge in [-0.1, -0.05) is 0 Å². The molecule has 0 aromatic heterocycles. The van der Waals surface area contributed by atoms with Crippen molar-refractivity contribution in [2.24, 2.45) is 11.7 Å². The van der Waals surface area contributed by atoms with Crippen molar-refractivity contribution in [3.05, 3.63) is 41.6 Å². The third-order valence-electron chi connectivity index (χ3n) is 4.70. The van der Waals surface area contributed by atoms with E-state index in [1.54, 1.807) is 11.8 Å². The maximum absolute atomic E-state index is 12.8. The van der Waals surface area contributed by atoms with E-state index in [0.29, 0.717) is 30.8 Å². The molecule has 8 nitrogen and oxygen atoms in total. The monoisotopic (exact) mass is 371 g/mol. The Bertz CT molecular complexity index is 815. The summed E-state index contributed by atoms with van der Waals surface area (Å²) in [6.45, 7) is 2.89. The predicted octanol–water partition coefficient (Wildman–Crippen LogP) is 0.818. The zero-order valence-electron chi connectivity index (χ0n) is 15.0. The van der Waals surface area contributed by atoms with E-state index in [-0.39, 0.29) is 18.2 Å². The van der Waals surface area contributed by atoms with Crippen LogP contribution in [-0.4, -0.2) is 48.3 Å². The number of hydrogen-bond donors (Lipinski definition) is 1. The Morgan fingerprint density at radius 2 is 1.93 bits per heavy atom. The zero-order valence-corrected chi connectivity index (χ0v) is 15.0. The van der Waals surface area contributed by atoms with E-state index >= 15 is 0 Å². The lowest BCUT2D eigenvalue weighted by atomic mass is 9.97. The highest BCUT2D eigenvalue weighted by Crippen LogP contribution is 2.28. The van der Waals surface area contributed by atoms with Gasteiger partial charge in [0.25, 0.3) is 11.8 Å². The molecule has 3 amide bonds. The maximum Gasteiger partial charge on any atom is 0.338 e. The van der Waals surface area contributed by atoms with Crippen LogP contribution in [-0.2, 0) is 19.1 Å². The topological polar surface area (TPSA) is 110 Å². The van der Waals surface area contributed by atoms with Gasteiger partial charge in [-0.2, -0.15) is 0 Å². The van der Waals surface area contributed by atoms with E-state index in [9.17, 15) is 19.2 Å². The fourth-order valence-electron chi connectivity index (χ4n) is 3.32. The first kappa shape index (κ1) is 18.6. The minimum atomic E-state index is -0.465. The Morgan fingerprint density at radius 1 is 1.22 bits per heavy atom. The lowest BCUT2D eigenvalue weighted by Crippen LogP contribution is -2.43. The number of benzene rings is 1. The van der Waals surface area contributed by atoms with Crippen molar-refractivity contribution in [1.82, 2.24) is 4.90 Å². The second-order valence-corrected chi connectivity index (χ2v) is 6.46. The summed E-state index contributed by atoms with van der Waals surface area (Å²) in [7, 11) is 0. The molecule has 3 rings (SSSR count). The van der Waals surface area contributed by atoms with Crippen LogP contribution in [0, 0.1) is 5.92 Å². The number of carbonyl (C=O) groups is 4. The van der Waals surface area contributed by atoms with Gasteiger partial charge in [0.2, 0.25) is 5.91 Å². The van der Waals surface area contributed by atoms with E-state index in [4.69, 9.17) is 10.5 Å². The fourth-order valence-corrected chi connectivity index (χ4v) is 3.32. The van der Waals surface area contributed by atoms with Gasteiger partial charge in [-0.25, -0.2) is 9.69 Å². The predicted molar refractivity (Wildman–Crippen MR) is 96.5 cm³/mol. The molecule has 0 bridgehead atoms. The summed E-state index contributed by atoms with van der Waals surface area (Å²) in [6, 6.07) is 6.08. The first-order valence-corrected chi connectivity index (χ1v) is 8.84. The Balaban J connectivity index is 1.76. The number of piperidine rings is 1. The van der Waals surface area contributed by atoms with Gasteiger partial charge in [0.05, 0.1) is 23.8 Å². The fraction of sp³-hybridized carbons (Fsp3) is 0.368. The summed E-state index contributed by atoms with van der Waals surface area (Å²) in [6.07, 6.45) is 2.69. The van der Waals surface area contributed by atoms with Gasteiger partial charge in [0.1, 0.15) is 5.70 Å². The number of esters is 1. The standard InChI is InChI=1S/C19H21N3O5/c1-2-27-19(26)12-5-7-14(8-6-12)22-16(23)10-15(18(22)25)21-9-3-4-13(11-21)17(20)24/h5-8,10,13H,2-4,9,11H2,1H3,(H2,20,24)/t13-/m1/s1. The molecule has 0 spiro atoms. The van der Waals surface area contributed by atoms with Crippen LogP contribution in [0.15, 0.2) is 36.0 Å². The van der Waals surface area contributed by atoms with E-state index in [0.717, 1.165) is 11.3 Å². The number of hydrogen-bond acceptors (Lipinski definition) is 6. The summed E-state index contributed by atoms with van der Waals surface area (Å²) in [5, 5.41) is 0. The smallest absolute Gasteiger partial charge is 0.338 e. The van der Waals surface area contributed by atoms with Crippen LogP contribution in [0.2, 0.25) is 0 Å². The average Bonchev–Trinajstić information content (AvgIpc) is 2.96. The van der Waals surface area contributed by atoms with Crippen molar-refractivity contribution < 1.29 is 23.9 Å². The lowest BCUT2D eigenvalue weighted by Gasteiger charge is -2.33. The maximum atomic E-state index is 12.8. The van der Waals surface area contributed by atoms with Gasteiger partial charge in [0, 0.05) is 19.2 Å². The molecule has 2 N–H and O–H groups in total. The van der Waals surface area contributed by atoms with Crippen LogP contribution in [0.3, 0.4) is 0 Å². The van der Waals surface area contributed by atoms with Crippen molar-refractivity contribution in [3.63, 3.8) is 0 Å². The number of rotatable bonds is 5. The van der Waals surface area contributed by atoms with Crippen molar-refractivity contribution in [2.45, 2.75) is 19.8 Å². The summed E-state index contributed by atoms with van der Waals surface area (Å²) in [5.41, 5.74) is 6.36. The molecule has 27 heavy (non-hydrogen) atoms. The molecule has 1 atom stereocenters. The molecule has 0 unspecified atom stereocenters. The van der Waals surface area contributed by atoms with Crippen LogP contribution in [0.1, 0.15) is 30.1 Å². The van der Waals surface area contributed by atoms with Crippen LogP contribution >= 0.6 is 0 Å². The molecule has 2 aliphatic rings. The van der Waals surface area contributed by atoms with Crippen LogP contribution < -0.4 is 10.6 Å². The number of imide groups is 1. The van der Waals surface area contributed by atoms with Crippen LogP contribution in [0.25, 0.3) is 0 Å². The molecule has 1 aromatic carbocycles. The Labute approximate surface area is 156 Å². The number of likely N-dealkylation sites (tertiary alicyclic amines) is 1. The molecule has 1 saturated heterocycles. The second kappa shape index (κ2) is 7.61. The third-order valence-corrected chi connectivity index (χ3v) is 4.70. The third kappa shape index (κ3) is 3.69. The van der Waals surface area contributed by atoms with Crippen LogP contribution in [0.4, 0.5) is 5.69 Å². The van der Waals surface area contributed by atoms with Gasteiger partial charge in [-0.3, -0.25) is 14.4 Å². The van der Waals surface area contributed by atoms with Crippen molar-refractivity contribution in [1.29, 1.82) is 0 Å². The van der Waals surface area contributed by atoms with Gasteiger partial charge >= 0.3 is 5.97 Å². The van der Waals surface area contributed by atoms with Crippen LogP contribution in [0.5, 0.6) is 0 Å². The lowest BCUT2D eigenvalue weighted by molar-refractivity contribution is -0.125. The number of nitrogens with two attached hydrogens (primary N) is 1. The van der Waals surface area contributed by atoms with Gasteiger partial charge in [-0.05, 0) is 44.0 Å². The molecule has 0 radical (unpaired) electrons. The molecule has 0 aliphatic carbocycles. The van der Waals surface area contributed by atoms with Crippen molar-refractivity contribution >= 4 is 29.4 Å². The molecule has 8 heteroatoms. The minimum absolute atomic E-state index is 0.263. The van der Waals surface area contributed by atoms with E-state index in [1.807, 2.05) is 0 Å². The molecule has 142 valence electrons. The van der Waals surface area contributed by atoms with Crippen molar-refractivity contribution in [2.75, 3.05) is 24.6 Å². The summed E-state index contributed by atoms with van der Waals surface area (Å²) >= 11 is 0.